The molecule has 4 nitrogen and oxygen atoms in total. The molecule has 1 aliphatic heterocycles. The number of ketones is 1. The minimum absolute atomic E-state index is 0.0436. The Hall–Kier alpha value is -1.10. The van der Waals surface area contributed by atoms with Crippen LogP contribution in [0.1, 0.15) is 12.8 Å². The van der Waals surface area contributed by atoms with E-state index in [4.69, 9.17) is 5.11 Å². The molecular weight excluding hydrogens is 204 g/mol. The predicted octanol–water partition coefficient (Wildman–Crippen LogP) is 0.866. The number of rotatable bonds is 4. The van der Waals surface area contributed by atoms with Gasteiger partial charge in [-0.05, 0) is 12.5 Å². The largest absolute Gasteiger partial charge is 0.478 e. The molecule has 0 aliphatic carbocycles. The van der Waals surface area contributed by atoms with Crippen molar-refractivity contribution in [1.82, 2.24) is 0 Å². The van der Waals surface area contributed by atoms with E-state index in [-0.39, 0.29) is 23.2 Å². The zero-order valence-electron chi connectivity index (χ0n) is 7.43. The van der Waals surface area contributed by atoms with Crippen molar-refractivity contribution in [3.63, 3.8) is 0 Å². The Balaban J connectivity index is 2.40. The summed E-state index contributed by atoms with van der Waals surface area (Å²) in [5.41, 5.74) is 0. The lowest BCUT2D eigenvalue weighted by atomic mass is 10.0. The zero-order valence-corrected chi connectivity index (χ0v) is 8.25. The van der Waals surface area contributed by atoms with E-state index in [9.17, 15) is 14.4 Å². The quantitative estimate of drug-likeness (QED) is 0.703. The number of thioether (sulfide) groups is 1. The number of carboxylic acids is 1. The van der Waals surface area contributed by atoms with Crippen molar-refractivity contribution in [2.45, 2.75) is 12.8 Å². The molecule has 0 saturated carbocycles. The van der Waals surface area contributed by atoms with Gasteiger partial charge in [0.05, 0.1) is 0 Å². The molecule has 0 aromatic rings. The number of aliphatic carboxylic acids is 1. The highest BCUT2D eigenvalue weighted by atomic mass is 32.2. The van der Waals surface area contributed by atoms with Crippen molar-refractivity contribution in [2.24, 2.45) is 5.92 Å². The molecule has 0 spiro atoms. The molecule has 1 aliphatic rings. The van der Waals surface area contributed by atoms with Crippen LogP contribution in [0.3, 0.4) is 0 Å². The highest BCUT2D eigenvalue weighted by Gasteiger charge is 2.26. The molecule has 1 fully saturated rings. The molecule has 0 radical (unpaired) electrons. The average Bonchev–Trinajstić information content (AvgIpc) is 2.49. The van der Waals surface area contributed by atoms with Crippen molar-refractivity contribution >= 4 is 28.6 Å². The van der Waals surface area contributed by atoms with Crippen LogP contribution < -0.4 is 0 Å². The van der Waals surface area contributed by atoms with E-state index >= 15 is 0 Å². The highest BCUT2D eigenvalue weighted by Crippen LogP contribution is 2.28. The fraction of sp³-hybridized carbons (Fsp3) is 0.444. The molecule has 0 bridgehead atoms. The summed E-state index contributed by atoms with van der Waals surface area (Å²) in [5, 5.41) is 8.31. The summed E-state index contributed by atoms with van der Waals surface area (Å²) >= 11 is 1.24. The normalized spacial score (nSPS) is 21.7. The molecule has 76 valence electrons. The Morgan fingerprint density at radius 3 is 2.71 bits per heavy atom. The molecule has 1 rings (SSSR count). The molecule has 1 N–H and O–H groups in total. The molecule has 0 aromatic carbocycles. The first kappa shape index (κ1) is 11.0. The van der Waals surface area contributed by atoms with Crippen molar-refractivity contribution in [2.75, 3.05) is 5.75 Å². The molecule has 5 heteroatoms. The monoisotopic (exact) mass is 214 g/mol. The Labute approximate surface area is 85.4 Å². The molecule has 0 aromatic heterocycles. The van der Waals surface area contributed by atoms with Crippen LogP contribution >= 0.6 is 11.8 Å². The van der Waals surface area contributed by atoms with Crippen molar-refractivity contribution in [3.05, 3.63) is 12.2 Å². The molecule has 0 amide bonds. The average molecular weight is 214 g/mol. The maximum absolute atomic E-state index is 11.1. The van der Waals surface area contributed by atoms with Gasteiger partial charge in [0.2, 0.25) is 0 Å². The van der Waals surface area contributed by atoms with Gasteiger partial charge in [0.15, 0.2) is 10.9 Å². The van der Waals surface area contributed by atoms with E-state index < -0.39 is 5.97 Å². The smallest absolute Gasteiger partial charge is 0.328 e. The van der Waals surface area contributed by atoms with Gasteiger partial charge in [0, 0.05) is 24.2 Å². The number of carbonyl (C=O) groups is 3. The van der Waals surface area contributed by atoms with Gasteiger partial charge in [0.25, 0.3) is 0 Å². The standard InChI is InChI=1S/C9H10O4S/c10-7(1-2-8(11)12)5-6-3-4-14-9(6)13/h1-2,6H,3-5H2,(H,11,12)/b2-1-. The number of carboxylic acid groups (broad SMARTS) is 1. The summed E-state index contributed by atoms with van der Waals surface area (Å²) in [6.45, 7) is 0. The SMILES string of the molecule is O=C(O)/C=C\C(=O)CC1CCSC1=O. The van der Waals surface area contributed by atoms with Gasteiger partial charge < -0.3 is 5.11 Å². The van der Waals surface area contributed by atoms with Crippen LogP contribution in [-0.2, 0) is 14.4 Å². The van der Waals surface area contributed by atoms with Gasteiger partial charge in [-0.2, -0.15) is 0 Å². The molecular formula is C9H10O4S. The van der Waals surface area contributed by atoms with Crippen LogP contribution in [-0.4, -0.2) is 27.7 Å². The van der Waals surface area contributed by atoms with Gasteiger partial charge >= 0.3 is 5.97 Å². The molecule has 1 heterocycles. The third-order valence-corrected chi connectivity index (χ3v) is 2.96. The second-order valence-corrected chi connectivity index (χ2v) is 4.09. The van der Waals surface area contributed by atoms with Crippen molar-refractivity contribution in [3.8, 4) is 0 Å². The van der Waals surface area contributed by atoms with Crippen molar-refractivity contribution < 1.29 is 19.5 Å². The van der Waals surface area contributed by atoms with Gasteiger partial charge in [0.1, 0.15) is 0 Å². The third-order valence-electron chi connectivity index (χ3n) is 1.90. The van der Waals surface area contributed by atoms with E-state index in [2.05, 4.69) is 0 Å². The first-order chi connectivity index (χ1) is 6.59. The summed E-state index contributed by atoms with van der Waals surface area (Å²) in [5.74, 6) is -0.899. The maximum Gasteiger partial charge on any atom is 0.328 e. The number of carbonyl (C=O) groups excluding carboxylic acids is 2. The molecule has 1 unspecified atom stereocenters. The van der Waals surface area contributed by atoms with E-state index in [1.807, 2.05) is 0 Å². The summed E-state index contributed by atoms with van der Waals surface area (Å²) in [6, 6.07) is 0. The van der Waals surface area contributed by atoms with Gasteiger partial charge in [-0.15, -0.1) is 0 Å². The highest BCUT2D eigenvalue weighted by molar-refractivity contribution is 8.14. The molecule has 1 saturated heterocycles. The predicted molar refractivity (Wildman–Crippen MR) is 52.0 cm³/mol. The topological polar surface area (TPSA) is 71.4 Å². The Morgan fingerprint density at radius 2 is 2.21 bits per heavy atom. The van der Waals surface area contributed by atoms with Crippen LogP contribution in [0.25, 0.3) is 0 Å². The van der Waals surface area contributed by atoms with Gasteiger partial charge in [-0.1, -0.05) is 11.8 Å². The summed E-state index contributed by atoms with van der Waals surface area (Å²) in [7, 11) is 0. The second-order valence-electron chi connectivity index (χ2n) is 3.00. The number of allylic oxidation sites excluding steroid dienone is 1. The summed E-state index contributed by atoms with van der Waals surface area (Å²) in [4.78, 5) is 32.4. The third kappa shape index (κ3) is 3.33. The Kier molecular flexibility index (Phi) is 3.88. The zero-order chi connectivity index (χ0) is 10.6. The van der Waals surface area contributed by atoms with Crippen LogP contribution in [0.4, 0.5) is 0 Å². The fourth-order valence-corrected chi connectivity index (χ4v) is 2.24. The lowest BCUT2D eigenvalue weighted by Gasteiger charge is -2.01. The van der Waals surface area contributed by atoms with E-state index in [1.165, 1.54) is 11.8 Å². The Morgan fingerprint density at radius 1 is 1.50 bits per heavy atom. The number of hydrogen-bond acceptors (Lipinski definition) is 4. The molecule has 14 heavy (non-hydrogen) atoms. The Bertz CT molecular complexity index is 295. The molecule has 1 atom stereocenters. The van der Waals surface area contributed by atoms with E-state index in [0.717, 1.165) is 24.3 Å². The fourth-order valence-electron chi connectivity index (χ4n) is 1.20. The van der Waals surface area contributed by atoms with Gasteiger partial charge in [-0.25, -0.2) is 4.79 Å². The van der Waals surface area contributed by atoms with Crippen LogP contribution in [0.5, 0.6) is 0 Å². The number of hydrogen-bond donors (Lipinski definition) is 1. The summed E-state index contributed by atoms with van der Waals surface area (Å²) in [6.07, 6.45) is 2.67. The maximum atomic E-state index is 11.1. The lowest BCUT2D eigenvalue weighted by Crippen LogP contribution is -2.09. The second kappa shape index (κ2) is 4.95. The van der Waals surface area contributed by atoms with E-state index in [0.29, 0.717) is 0 Å². The van der Waals surface area contributed by atoms with Gasteiger partial charge in [-0.3, -0.25) is 9.59 Å². The van der Waals surface area contributed by atoms with Crippen molar-refractivity contribution in [1.29, 1.82) is 0 Å². The minimum Gasteiger partial charge on any atom is -0.478 e. The van der Waals surface area contributed by atoms with E-state index in [1.54, 1.807) is 0 Å². The van der Waals surface area contributed by atoms with Crippen LogP contribution in [0, 0.1) is 5.92 Å². The minimum atomic E-state index is -1.15. The van der Waals surface area contributed by atoms with Crippen LogP contribution in [0.2, 0.25) is 0 Å². The summed E-state index contributed by atoms with van der Waals surface area (Å²) < 4.78 is 0. The first-order valence-electron chi connectivity index (χ1n) is 4.20. The van der Waals surface area contributed by atoms with Crippen LogP contribution in [0.15, 0.2) is 12.2 Å². The lowest BCUT2D eigenvalue weighted by molar-refractivity contribution is -0.131. The first-order valence-corrected chi connectivity index (χ1v) is 5.18.